The van der Waals surface area contributed by atoms with Gasteiger partial charge in [-0.2, -0.15) is 10.0 Å². The molecule has 2 aliphatic heterocycles. The molecule has 10 heteroatoms. The summed E-state index contributed by atoms with van der Waals surface area (Å²) in [4.78, 5) is 15.8. The van der Waals surface area contributed by atoms with Crippen LogP contribution in [0.3, 0.4) is 0 Å². The summed E-state index contributed by atoms with van der Waals surface area (Å²) in [6.45, 7) is 5.24. The first-order valence-corrected chi connectivity index (χ1v) is 21.4. The quantitative estimate of drug-likeness (QED) is 0.249. The lowest BCUT2D eigenvalue weighted by molar-refractivity contribution is -0.00313. The minimum absolute atomic E-state index is 0.0927. The van der Waals surface area contributed by atoms with E-state index in [-0.39, 0.29) is 28.7 Å². The van der Waals surface area contributed by atoms with Crippen LogP contribution in [0.5, 0.6) is 5.75 Å². The summed E-state index contributed by atoms with van der Waals surface area (Å²) in [6, 6.07) is 11.4. The number of hydrogen-bond acceptors (Lipinski definition) is 6. The molecule has 2 aromatic carbocycles. The molecule has 2 aliphatic carbocycles. The summed E-state index contributed by atoms with van der Waals surface area (Å²) < 4.78 is 35.7. The molecule has 2 bridgehead atoms. The van der Waals surface area contributed by atoms with Gasteiger partial charge in [0, 0.05) is 35.0 Å². The summed E-state index contributed by atoms with van der Waals surface area (Å²) in [5.41, 5.74) is 1.86. The second kappa shape index (κ2) is 12.7. The van der Waals surface area contributed by atoms with Crippen LogP contribution in [0.1, 0.15) is 67.4 Å². The topological polar surface area (TPSA) is 95.9 Å². The molecule has 1 amide bonds. The van der Waals surface area contributed by atoms with Crippen LogP contribution in [-0.2, 0) is 21.9 Å². The first kappa shape index (κ1) is 34.2. The van der Waals surface area contributed by atoms with E-state index in [9.17, 15) is 18.3 Å². The van der Waals surface area contributed by atoms with E-state index in [1.807, 2.05) is 25.1 Å². The van der Waals surface area contributed by atoms with Crippen LogP contribution in [0.15, 0.2) is 48.6 Å². The van der Waals surface area contributed by atoms with Crippen molar-refractivity contribution in [1.82, 2.24) is 4.72 Å². The summed E-state index contributed by atoms with van der Waals surface area (Å²) in [5.74, 6) is 3.06. The van der Waals surface area contributed by atoms with Crippen LogP contribution in [0, 0.1) is 28.9 Å². The van der Waals surface area contributed by atoms with E-state index in [1.165, 1.54) is 11.1 Å². The largest absolute Gasteiger partial charge is 0.490 e. The number of carbonyl (C=O) groups is 1. The Morgan fingerprint density at radius 1 is 1.13 bits per heavy atom. The Morgan fingerprint density at radius 3 is 2.64 bits per heavy atom. The number of anilines is 1. The molecule has 2 aromatic rings. The molecular weight excluding hydrogens is 652 g/mol. The maximum absolute atomic E-state index is 13.5. The molecular formula is C37H47ClN2O5S2. The van der Waals surface area contributed by atoms with Gasteiger partial charge in [0.1, 0.15) is 11.4 Å². The number of hydrogen-bond donors (Lipinski definition) is 2. The standard InChI is InChI=1S/C37H47ClN2O5S2/c1-25-8-6-17-37(42,18-19-46(3,4)5)32-13-10-29(32)22-40-23-36(16-7-9-27-20-30(38)12-14-31(27)36)24-45-34-15-11-28(21-33(34)40)35(41)39-47(43,44)26(25)2/h6,11-12,14-15,17,20-21,25-26,29,32,42H,7-10,13,16,22-24H2,1-5H3,(H,39,41)/b17-6+/t25-,26+,29-,32+,36-,37-/m0/s1. The average molecular weight is 699 g/mol. The van der Waals surface area contributed by atoms with Gasteiger partial charge in [-0.05, 0) is 124 Å². The number of fused-ring (bicyclic) bond motifs is 4. The van der Waals surface area contributed by atoms with Crippen LogP contribution in [0.4, 0.5) is 5.69 Å². The molecule has 6 atom stereocenters. The van der Waals surface area contributed by atoms with Gasteiger partial charge in [-0.25, -0.2) is 13.1 Å². The van der Waals surface area contributed by atoms with Crippen molar-refractivity contribution in [1.29, 1.82) is 0 Å². The van der Waals surface area contributed by atoms with E-state index >= 15 is 0 Å². The minimum Gasteiger partial charge on any atom is -0.490 e. The molecule has 1 spiro atoms. The van der Waals surface area contributed by atoms with Gasteiger partial charge >= 0.3 is 0 Å². The Bertz CT molecular complexity index is 1760. The fourth-order valence-electron chi connectivity index (χ4n) is 7.64. The maximum atomic E-state index is 13.5. The third-order valence-corrected chi connectivity index (χ3v) is 13.6. The SMILES string of the molecule is C[C@@H]1[C@@H](C)C/C=C/[C@](O)(C#CS(C)(C)C)[C@@H]2CC[C@H]2CN2C[C@@]3(CCCc4cc(Cl)ccc43)COc3ccc(cc32)C(=O)NS1(=O)=O. The van der Waals surface area contributed by atoms with Crippen molar-refractivity contribution < 1.29 is 23.1 Å². The Balaban J connectivity index is 1.47. The number of allylic oxidation sites excluding steroid dienone is 1. The summed E-state index contributed by atoms with van der Waals surface area (Å²) in [7, 11) is -5.18. The molecule has 1 saturated carbocycles. The predicted molar refractivity (Wildman–Crippen MR) is 193 cm³/mol. The number of ether oxygens (including phenoxy) is 1. The van der Waals surface area contributed by atoms with Crippen molar-refractivity contribution in [2.75, 3.05) is 43.4 Å². The Labute approximate surface area is 286 Å². The van der Waals surface area contributed by atoms with Gasteiger partial charge in [0.2, 0.25) is 10.0 Å². The Morgan fingerprint density at radius 2 is 1.91 bits per heavy atom. The van der Waals surface area contributed by atoms with Gasteiger partial charge in [-0.1, -0.05) is 41.8 Å². The zero-order chi connectivity index (χ0) is 33.8. The highest BCUT2D eigenvalue weighted by Gasteiger charge is 2.48. The minimum atomic E-state index is -3.98. The molecule has 0 unspecified atom stereocenters. The molecule has 6 rings (SSSR count). The van der Waals surface area contributed by atoms with Gasteiger partial charge < -0.3 is 14.7 Å². The number of amides is 1. The van der Waals surface area contributed by atoms with E-state index in [4.69, 9.17) is 16.3 Å². The number of aliphatic hydroxyl groups is 1. The summed E-state index contributed by atoms with van der Waals surface area (Å²) in [5, 5.41) is 15.5. The molecule has 47 heavy (non-hydrogen) atoms. The highest BCUT2D eigenvalue weighted by Crippen LogP contribution is 2.48. The van der Waals surface area contributed by atoms with Gasteiger partial charge in [-0.15, -0.1) is 0 Å². The molecule has 0 saturated heterocycles. The molecule has 1 fully saturated rings. The normalized spacial score (nSPS) is 33.0. The van der Waals surface area contributed by atoms with Crippen molar-refractivity contribution >= 4 is 43.2 Å². The van der Waals surface area contributed by atoms with E-state index < -0.39 is 36.8 Å². The fraction of sp³-hybridized carbons (Fsp3) is 0.541. The third kappa shape index (κ3) is 6.94. The number of benzene rings is 2. The lowest BCUT2D eigenvalue weighted by Crippen LogP contribution is -2.52. The number of halogens is 1. The lowest BCUT2D eigenvalue weighted by atomic mass is 9.64. The van der Waals surface area contributed by atoms with Crippen LogP contribution in [0.25, 0.3) is 0 Å². The van der Waals surface area contributed by atoms with E-state index in [0.717, 1.165) is 42.8 Å². The van der Waals surface area contributed by atoms with E-state index in [1.54, 1.807) is 25.1 Å². The monoisotopic (exact) mass is 698 g/mol. The Hall–Kier alpha value is -2.64. The van der Waals surface area contributed by atoms with Crippen molar-refractivity contribution in [3.05, 3.63) is 70.3 Å². The van der Waals surface area contributed by atoms with Crippen molar-refractivity contribution in [2.24, 2.45) is 17.8 Å². The second-order valence-electron chi connectivity index (χ2n) is 14.9. The maximum Gasteiger partial charge on any atom is 0.264 e. The number of rotatable bonds is 0. The molecule has 254 valence electrons. The second-order valence-corrected chi connectivity index (χ2v) is 21.3. The lowest BCUT2D eigenvalue weighted by Gasteiger charge is -2.47. The molecule has 0 radical (unpaired) electrons. The van der Waals surface area contributed by atoms with Crippen LogP contribution in [-0.4, -0.2) is 68.7 Å². The number of nitrogens with zero attached hydrogens (tertiary/aromatic N) is 1. The predicted octanol–water partition coefficient (Wildman–Crippen LogP) is 6.27. The van der Waals surface area contributed by atoms with Gasteiger partial charge in [0.05, 0.1) is 17.5 Å². The highest BCUT2D eigenvalue weighted by molar-refractivity contribution is 8.35. The van der Waals surface area contributed by atoms with Crippen molar-refractivity contribution in [3.63, 3.8) is 0 Å². The fourth-order valence-corrected chi connectivity index (χ4v) is 9.59. The van der Waals surface area contributed by atoms with Crippen molar-refractivity contribution in [3.8, 4) is 16.9 Å². The van der Waals surface area contributed by atoms with Gasteiger partial charge in [0.15, 0.2) is 0 Å². The first-order valence-electron chi connectivity index (χ1n) is 16.6. The zero-order valence-electron chi connectivity index (χ0n) is 28.0. The number of carbonyl (C=O) groups excluding carboxylic acids is 1. The molecule has 7 nitrogen and oxygen atoms in total. The van der Waals surface area contributed by atoms with Crippen molar-refractivity contribution in [2.45, 2.75) is 68.6 Å². The summed E-state index contributed by atoms with van der Waals surface area (Å²) in [6.07, 6.45) is 15.1. The van der Waals surface area contributed by atoms with E-state index in [2.05, 4.69) is 51.7 Å². The zero-order valence-corrected chi connectivity index (χ0v) is 30.4. The third-order valence-electron chi connectivity index (χ3n) is 10.7. The Kier molecular flexibility index (Phi) is 9.23. The van der Waals surface area contributed by atoms with E-state index in [0.29, 0.717) is 31.9 Å². The van der Waals surface area contributed by atoms with Gasteiger partial charge in [-0.3, -0.25) is 4.79 Å². The first-order chi connectivity index (χ1) is 22.1. The molecule has 2 N–H and O–H groups in total. The average Bonchev–Trinajstić information content (AvgIpc) is 3.13. The smallest absolute Gasteiger partial charge is 0.264 e. The number of aryl methyl sites for hydroxylation is 1. The van der Waals surface area contributed by atoms with Crippen LogP contribution in [0.2, 0.25) is 5.02 Å². The van der Waals surface area contributed by atoms with Crippen LogP contribution >= 0.6 is 21.6 Å². The molecule has 4 aliphatic rings. The molecule has 0 aromatic heterocycles. The number of sulfonamides is 1. The molecule has 2 heterocycles. The van der Waals surface area contributed by atoms with Crippen LogP contribution < -0.4 is 14.4 Å². The highest BCUT2D eigenvalue weighted by atomic mass is 35.5. The number of nitrogens with one attached hydrogen (secondary N) is 1. The van der Waals surface area contributed by atoms with Gasteiger partial charge in [0.25, 0.3) is 5.91 Å². The summed E-state index contributed by atoms with van der Waals surface area (Å²) >= 11 is 6.43.